The van der Waals surface area contributed by atoms with Crippen molar-refractivity contribution >= 4 is 48.6 Å². The number of hydrogen-bond acceptors (Lipinski definition) is 2. The predicted octanol–water partition coefficient (Wildman–Crippen LogP) is 19.2. The highest BCUT2D eigenvalue weighted by Gasteiger charge is 2.51. The van der Waals surface area contributed by atoms with E-state index in [-0.39, 0.29) is 5.41 Å². The molecule has 1 heterocycles. The van der Waals surface area contributed by atoms with Gasteiger partial charge in [-0.25, -0.2) is 0 Å². The number of fused-ring (bicyclic) bond motifs is 16. The van der Waals surface area contributed by atoms with Crippen molar-refractivity contribution in [3.8, 4) is 66.8 Å². The van der Waals surface area contributed by atoms with Gasteiger partial charge in [-0.2, -0.15) is 0 Å². The van der Waals surface area contributed by atoms with Crippen molar-refractivity contribution in [1.29, 1.82) is 0 Å². The molecule has 0 amide bonds. The topological polar surface area (TPSA) is 3.24 Å². The molecule has 0 bridgehead atoms. The van der Waals surface area contributed by atoms with Crippen molar-refractivity contribution in [3.05, 3.63) is 282 Å². The molecule has 11 aromatic carbocycles. The Bertz CT molecular complexity index is 4150. The van der Waals surface area contributed by atoms with E-state index in [9.17, 15) is 0 Å². The molecular formula is C70H47NS. The molecule has 0 unspecified atom stereocenters. The minimum absolute atomic E-state index is 0.164. The second-order valence-electron chi connectivity index (χ2n) is 20.3. The van der Waals surface area contributed by atoms with Crippen LogP contribution in [0.3, 0.4) is 0 Å². The number of nitrogens with zero attached hydrogens (tertiary/aromatic N) is 1. The summed E-state index contributed by atoms with van der Waals surface area (Å²) >= 11 is 1.87. The normalized spacial score (nSPS) is 13.9. The van der Waals surface area contributed by atoms with Crippen LogP contribution in [-0.2, 0) is 10.8 Å². The molecular weight excluding hydrogens is 887 g/mol. The van der Waals surface area contributed by atoms with E-state index in [0.717, 1.165) is 17.1 Å². The lowest BCUT2D eigenvalue weighted by Gasteiger charge is -2.31. The summed E-state index contributed by atoms with van der Waals surface area (Å²) in [4.78, 5) is 2.51. The first kappa shape index (κ1) is 41.2. The van der Waals surface area contributed by atoms with Crippen LogP contribution >= 0.6 is 11.3 Å². The van der Waals surface area contributed by atoms with Crippen LogP contribution in [0.1, 0.15) is 47.2 Å². The molecule has 0 aliphatic heterocycles. The summed E-state index contributed by atoms with van der Waals surface area (Å²) in [5.74, 6) is 0. The molecule has 0 saturated carbocycles. The summed E-state index contributed by atoms with van der Waals surface area (Å²) in [6.45, 7) is 4.76. The molecule has 72 heavy (non-hydrogen) atoms. The monoisotopic (exact) mass is 933 g/mol. The molecule has 1 nitrogen and oxygen atoms in total. The Morgan fingerprint density at radius 2 is 0.778 bits per heavy atom. The van der Waals surface area contributed by atoms with Gasteiger partial charge in [0, 0.05) is 42.5 Å². The smallest absolute Gasteiger partial charge is 0.0725 e. The Kier molecular flexibility index (Phi) is 8.86. The van der Waals surface area contributed by atoms with Crippen LogP contribution in [0.4, 0.5) is 17.1 Å². The van der Waals surface area contributed by atoms with E-state index in [2.05, 4.69) is 267 Å². The van der Waals surface area contributed by atoms with Gasteiger partial charge in [0.1, 0.15) is 0 Å². The summed E-state index contributed by atoms with van der Waals surface area (Å²) < 4.78 is 2.63. The second kappa shape index (κ2) is 15.5. The SMILES string of the molecule is CC1(C)c2ccccc2-c2ccc(N(c3ccc(-c4ccccc4)cc3)c3ccc(-c4ccc5sc6ccccc6c5c4)cc3-c3ccc4c(c3)-c3ccccc3C43c4ccccc4-c4ccccc43)cc21. The van der Waals surface area contributed by atoms with E-state index in [1.807, 2.05) is 11.3 Å². The lowest BCUT2D eigenvalue weighted by molar-refractivity contribution is 0.660. The fourth-order valence-corrected chi connectivity index (χ4v) is 14.1. The second-order valence-corrected chi connectivity index (χ2v) is 21.4. The fourth-order valence-electron chi connectivity index (χ4n) is 13.0. The fraction of sp³-hybridized carbons (Fsp3) is 0.0571. The van der Waals surface area contributed by atoms with Crippen molar-refractivity contribution in [3.63, 3.8) is 0 Å². The van der Waals surface area contributed by atoms with Crippen LogP contribution < -0.4 is 4.90 Å². The lowest BCUT2D eigenvalue weighted by Crippen LogP contribution is -2.25. The Balaban J connectivity index is 0.979. The van der Waals surface area contributed by atoms with Gasteiger partial charge >= 0.3 is 0 Å². The van der Waals surface area contributed by atoms with Gasteiger partial charge < -0.3 is 4.90 Å². The maximum Gasteiger partial charge on any atom is 0.0725 e. The first-order valence-corrected chi connectivity index (χ1v) is 26.0. The third kappa shape index (κ3) is 5.82. The molecule has 1 aromatic heterocycles. The van der Waals surface area contributed by atoms with Gasteiger partial charge in [-0.1, -0.05) is 202 Å². The first-order valence-electron chi connectivity index (χ1n) is 25.2. The Morgan fingerprint density at radius 1 is 0.292 bits per heavy atom. The molecule has 2 heteroatoms. The average Bonchev–Trinajstić information content (AvgIpc) is 4.13. The Morgan fingerprint density at radius 3 is 1.50 bits per heavy atom. The standard InChI is InChI=1S/C70H47NS/c1-69(2)60-23-11-6-18-51(60)55-36-35-50(43-65(55)69)71(49-33-28-45(29-34-49)44-16-4-3-5-17-44)66-38-31-46(47-32-39-68-59(41-47)56-22-10-15-27-67(56)72-68)40-57(66)48-30-37-64-58(42-48)54-21-9-14-26-63(54)70(64)61-24-12-7-19-52(61)53-20-8-13-25-62(53)70/h3-43H,1-2H3. The highest BCUT2D eigenvalue weighted by atomic mass is 32.1. The van der Waals surface area contributed by atoms with Gasteiger partial charge in [0.15, 0.2) is 0 Å². The predicted molar refractivity (Wildman–Crippen MR) is 304 cm³/mol. The molecule has 0 saturated heterocycles. The third-order valence-electron chi connectivity index (χ3n) is 16.3. The summed E-state index contributed by atoms with van der Waals surface area (Å²) in [6, 6.07) is 93.7. The third-order valence-corrected chi connectivity index (χ3v) is 17.5. The molecule has 0 N–H and O–H groups in total. The summed E-state index contributed by atoms with van der Waals surface area (Å²) in [6.07, 6.45) is 0. The molecule has 0 radical (unpaired) electrons. The minimum Gasteiger partial charge on any atom is -0.310 e. The molecule has 3 aliphatic rings. The first-order chi connectivity index (χ1) is 35.4. The number of hydrogen-bond donors (Lipinski definition) is 0. The van der Waals surface area contributed by atoms with Crippen molar-refractivity contribution < 1.29 is 0 Å². The quantitative estimate of drug-likeness (QED) is 0.161. The molecule has 15 rings (SSSR count). The van der Waals surface area contributed by atoms with E-state index >= 15 is 0 Å². The van der Waals surface area contributed by atoms with E-state index < -0.39 is 5.41 Å². The van der Waals surface area contributed by atoms with Crippen molar-refractivity contribution in [2.45, 2.75) is 24.7 Å². The van der Waals surface area contributed by atoms with E-state index in [4.69, 9.17) is 0 Å². The lowest BCUT2D eigenvalue weighted by atomic mass is 9.70. The molecule has 338 valence electrons. The molecule has 0 fully saturated rings. The zero-order valence-corrected chi connectivity index (χ0v) is 40.8. The maximum absolute atomic E-state index is 2.51. The minimum atomic E-state index is -0.414. The summed E-state index contributed by atoms with van der Waals surface area (Å²) in [5.41, 5.74) is 25.9. The summed E-state index contributed by atoms with van der Waals surface area (Å²) in [5, 5.41) is 2.61. The number of anilines is 3. The highest BCUT2D eigenvalue weighted by Crippen LogP contribution is 2.63. The van der Waals surface area contributed by atoms with Crippen molar-refractivity contribution in [2.75, 3.05) is 4.90 Å². The van der Waals surface area contributed by atoms with Crippen LogP contribution in [-0.4, -0.2) is 0 Å². The van der Waals surface area contributed by atoms with E-state index in [0.29, 0.717) is 0 Å². The van der Waals surface area contributed by atoms with Crippen molar-refractivity contribution in [2.24, 2.45) is 0 Å². The van der Waals surface area contributed by atoms with Gasteiger partial charge in [-0.05, 0) is 155 Å². The molecule has 1 spiro atoms. The maximum atomic E-state index is 2.51. The van der Waals surface area contributed by atoms with Gasteiger partial charge in [0.25, 0.3) is 0 Å². The largest absolute Gasteiger partial charge is 0.310 e. The zero-order valence-electron chi connectivity index (χ0n) is 40.0. The number of benzene rings is 11. The number of thiophene rings is 1. The van der Waals surface area contributed by atoms with Crippen LogP contribution in [0.25, 0.3) is 86.9 Å². The molecule has 12 aromatic rings. The zero-order chi connectivity index (χ0) is 47.7. The molecule has 0 atom stereocenters. The number of rotatable bonds is 6. The van der Waals surface area contributed by atoms with Gasteiger partial charge in [-0.15, -0.1) is 11.3 Å². The Hall–Kier alpha value is -8.56. The van der Waals surface area contributed by atoms with E-state index in [1.165, 1.54) is 120 Å². The van der Waals surface area contributed by atoms with Crippen LogP contribution in [0, 0.1) is 0 Å². The molecule has 3 aliphatic carbocycles. The van der Waals surface area contributed by atoms with Gasteiger partial charge in [-0.3, -0.25) is 0 Å². The van der Waals surface area contributed by atoms with Crippen molar-refractivity contribution in [1.82, 2.24) is 0 Å². The van der Waals surface area contributed by atoms with Gasteiger partial charge in [0.2, 0.25) is 0 Å². The average molecular weight is 934 g/mol. The van der Waals surface area contributed by atoms with Crippen LogP contribution in [0.5, 0.6) is 0 Å². The highest BCUT2D eigenvalue weighted by molar-refractivity contribution is 7.25. The van der Waals surface area contributed by atoms with Gasteiger partial charge in [0.05, 0.1) is 11.1 Å². The summed E-state index contributed by atoms with van der Waals surface area (Å²) in [7, 11) is 0. The van der Waals surface area contributed by atoms with E-state index in [1.54, 1.807) is 0 Å². The Labute approximate surface area is 424 Å². The van der Waals surface area contributed by atoms with Crippen LogP contribution in [0.2, 0.25) is 0 Å². The van der Waals surface area contributed by atoms with Crippen LogP contribution in [0.15, 0.2) is 249 Å².